The Morgan fingerprint density at radius 3 is 2.67 bits per heavy atom. The molecule has 78 valence electrons. The molecule has 0 saturated heterocycles. The van der Waals surface area contributed by atoms with Gasteiger partial charge < -0.3 is 9.26 Å². The van der Waals surface area contributed by atoms with E-state index >= 15 is 0 Å². The number of hydrogen-bond donors (Lipinski definition) is 1. The highest BCUT2D eigenvalue weighted by molar-refractivity contribution is 7.71. The number of nitrogens with one attached hydrogen (secondary N) is 1. The molecule has 0 fully saturated rings. The number of nitrogens with zero attached hydrogens (tertiary/aromatic N) is 1. The molecular weight excluding hydrogens is 212 g/mol. The van der Waals surface area contributed by atoms with Crippen molar-refractivity contribution < 1.29 is 9.26 Å². The average molecular weight is 222 g/mol. The highest BCUT2D eigenvalue weighted by Crippen LogP contribution is 2.21. The molecule has 0 amide bonds. The lowest BCUT2D eigenvalue weighted by molar-refractivity contribution is 0.126. The van der Waals surface area contributed by atoms with Crippen LogP contribution in [-0.4, -0.2) is 17.3 Å². The van der Waals surface area contributed by atoms with E-state index in [0.717, 1.165) is 5.56 Å². The van der Waals surface area contributed by atoms with Crippen molar-refractivity contribution in [2.75, 3.05) is 7.11 Å². The summed E-state index contributed by atoms with van der Waals surface area (Å²) in [6, 6.07) is 9.74. The molecule has 15 heavy (non-hydrogen) atoms. The van der Waals surface area contributed by atoms with E-state index < -0.39 is 0 Å². The maximum Gasteiger partial charge on any atom is 0.314 e. The summed E-state index contributed by atoms with van der Waals surface area (Å²) >= 11 is 4.79. The first-order valence-electron chi connectivity index (χ1n) is 4.44. The van der Waals surface area contributed by atoms with Crippen LogP contribution in [0.5, 0.6) is 0 Å². The van der Waals surface area contributed by atoms with E-state index in [1.54, 1.807) is 7.11 Å². The Kier molecular flexibility index (Phi) is 2.94. The van der Waals surface area contributed by atoms with Gasteiger partial charge in [0, 0.05) is 7.11 Å². The van der Waals surface area contributed by atoms with Crippen LogP contribution in [0, 0.1) is 4.84 Å². The van der Waals surface area contributed by atoms with Crippen LogP contribution in [0.3, 0.4) is 0 Å². The van der Waals surface area contributed by atoms with Crippen molar-refractivity contribution in [2.45, 2.75) is 6.10 Å². The second kappa shape index (κ2) is 4.37. The van der Waals surface area contributed by atoms with Gasteiger partial charge >= 0.3 is 4.84 Å². The minimum atomic E-state index is -0.272. The van der Waals surface area contributed by atoms with Gasteiger partial charge in [0.2, 0.25) is 0 Å². The predicted molar refractivity (Wildman–Crippen MR) is 57.0 cm³/mol. The third-order valence-corrected chi connectivity index (χ3v) is 2.22. The first-order valence-corrected chi connectivity index (χ1v) is 4.85. The number of aromatic amines is 1. The Bertz CT molecular complexity index is 477. The molecule has 0 radical (unpaired) electrons. The van der Waals surface area contributed by atoms with E-state index in [9.17, 15) is 0 Å². The van der Waals surface area contributed by atoms with Crippen LogP contribution in [0.1, 0.15) is 17.5 Å². The highest BCUT2D eigenvalue weighted by atomic mass is 32.1. The smallest absolute Gasteiger partial charge is 0.314 e. The summed E-state index contributed by atoms with van der Waals surface area (Å²) in [5.74, 6) is 0.578. The lowest BCUT2D eigenvalue weighted by Crippen LogP contribution is -2.05. The summed E-state index contributed by atoms with van der Waals surface area (Å²) in [6.07, 6.45) is -0.272. The number of rotatable bonds is 3. The van der Waals surface area contributed by atoms with Gasteiger partial charge in [-0.3, -0.25) is 0 Å². The lowest BCUT2D eigenvalue weighted by Gasteiger charge is -2.11. The molecule has 1 heterocycles. The number of H-pyrrole nitrogens is 1. The van der Waals surface area contributed by atoms with Gasteiger partial charge in [0.05, 0.1) is 0 Å². The number of ether oxygens (including phenoxy) is 1. The molecule has 1 aromatic carbocycles. The minimum Gasteiger partial charge on any atom is -0.369 e. The van der Waals surface area contributed by atoms with Crippen molar-refractivity contribution in [3.05, 3.63) is 46.6 Å². The molecule has 0 spiro atoms. The van der Waals surface area contributed by atoms with Gasteiger partial charge in [-0.05, 0) is 17.8 Å². The summed E-state index contributed by atoms with van der Waals surface area (Å²) in [6.45, 7) is 0. The highest BCUT2D eigenvalue weighted by Gasteiger charge is 2.16. The summed E-state index contributed by atoms with van der Waals surface area (Å²) in [5, 5.41) is 2.64. The first kappa shape index (κ1) is 10.1. The maximum absolute atomic E-state index is 5.34. The Labute approximate surface area is 91.9 Å². The van der Waals surface area contributed by atoms with Crippen molar-refractivity contribution in [3.63, 3.8) is 0 Å². The summed E-state index contributed by atoms with van der Waals surface area (Å²) in [4.78, 5) is 4.21. The van der Waals surface area contributed by atoms with E-state index in [2.05, 4.69) is 10.1 Å². The van der Waals surface area contributed by atoms with E-state index in [-0.39, 0.29) is 10.9 Å². The topological polar surface area (TPSA) is 51.1 Å². The SMILES string of the molecule is COC(c1ccccc1)c1nc(=S)o[nH]1. The van der Waals surface area contributed by atoms with Crippen molar-refractivity contribution in [1.29, 1.82) is 0 Å². The van der Waals surface area contributed by atoms with E-state index in [4.69, 9.17) is 21.5 Å². The van der Waals surface area contributed by atoms with Gasteiger partial charge in [-0.25, -0.2) is 5.16 Å². The molecule has 5 heteroatoms. The minimum absolute atomic E-state index is 0.183. The quantitative estimate of drug-likeness (QED) is 0.810. The second-order valence-electron chi connectivity index (χ2n) is 2.99. The Morgan fingerprint density at radius 2 is 2.13 bits per heavy atom. The van der Waals surface area contributed by atoms with Crippen molar-refractivity contribution in [2.24, 2.45) is 0 Å². The van der Waals surface area contributed by atoms with Crippen LogP contribution >= 0.6 is 12.2 Å². The van der Waals surface area contributed by atoms with E-state index in [1.165, 1.54) is 0 Å². The fourth-order valence-electron chi connectivity index (χ4n) is 1.39. The predicted octanol–water partition coefficient (Wildman–Crippen LogP) is 2.47. The zero-order valence-electron chi connectivity index (χ0n) is 8.14. The van der Waals surface area contributed by atoms with E-state index in [0.29, 0.717) is 5.82 Å². The fourth-order valence-corrected chi connectivity index (χ4v) is 1.53. The molecule has 2 rings (SSSR count). The Balaban J connectivity index is 2.37. The standard InChI is InChI=1S/C10H10N2O2S/c1-13-8(7-5-3-2-4-6-7)9-11-10(15)14-12-9/h2-6,8H,1H3,(H,11,12,15). The molecule has 1 unspecified atom stereocenters. The summed E-state index contributed by atoms with van der Waals surface area (Å²) in [7, 11) is 1.61. The van der Waals surface area contributed by atoms with Crippen molar-refractivity contribution in [1.82, 2.24) is 10.1 Å². The fraction of sp³-hybridized carbons (Fsp3) is 0.200. The van der Waals surface area contributed by atoms with Crippen molar-refractivity contribution in [3.8, 4) is 0 Å². The molecule has 0 aliphatic heterocycles. The number of benzene rings is 1. The molecule has 2 aromatic rings. The van der Waals surface area contributed by atoms with E-state index in [1.807, 2.05) is 30.3 Å². The molecule has 0 aliphatic carbocycles. The van der Waals surface area contributed by atoms with Crippen LogP contribution in [-0.2, 0) is 4.74 Å². The molecule has 4 nitrogen and oxygen atoms in total. The monoisotopic (exact) mass is 222 g/mol. The van der Waals surface area contributed by atoms with Gasteiger partial charge in [-0.1, -0.05) is 30.3 Å². The zero-order valence-corrected chi connectivity index (χ0v) is 8.95. The van der Waals surface area contributed by atoms with Crippen molar-refractivity contribution >= 4 is 12.2 Å². The normalized spacial score (nSPS) is 12.6. The maximum atomic E-state index is 5.34. The van der Waals surface area contributed by atoms with Crippen LogP contribution < -0.4 is 0 Å². The Morgan fingerprint density at radius 1 is 1.40 bits per heavy atom. The summed E-state index contributed by atoms with van der Waals surface area (Å²) in [5.41, 5.74) is 1.000. The van der Waals surface area contributed by atoms with Gasteiger partial charge in [-0.2, -0.15) is 4.98 Å². The molecule has 0 saturated carbocycles. The second-order valence-corrected chi connectivity index (χ2v) is 3.34. The average Bonchev–Trinajstić information content (AvgIpc) is 2.68. The Hall–Kier alpha value is -1.46. The van der Waals surface area contributed by atoms with Crippen LogP contribution in [0.15, 0.2) is 34.9 Å². The largest absolute Gasteiger partial charge is 0.369 e. The molecule has 1 atom stereocenters. The van der Waals surface area contributed by atoms with Gasteiger partial charge in [0.15, 0.2) is 5.82 Å². The lowest BCUT2D eigenvalue weighted by atomic mass is 10.1. The molecule has 0 aliphatic rings. The molecule has 1 N–H and O–H groups in total. The number of hydrogen-bond acceptors (Lipinski definition) is 4. The zero-order chi connectivity index (χ0) is 10.7. The van der Waals surface area contributed by atoms with Crippen LogP contribution in [0.4, 0.5) is 0 Å². The number of methoxy groups -OCH3 is 1. The molecule has 0 bridgehead atoms. The van der Waals surface area contributed by atoms with Crippen LogP contribution in [0.25, 0.3) is 0 Å². The van der Waals surface area contributed by atoms with Gasteiger partial charge in [0.1, 0.15) is 6.10 Å². The number of aromatic nitrogens is 2. The molecular formula is C10H10N2O2S. The third-order valence-electron chi connectivity index (χ3n) is 2.04. The first-order chi connectivity index (χ1) is 7.31. The molecule has 1 aromatic heterocycles. The summed E-state index contributed by atoms with van der Waals surface area (Å²) < 4.78 is 10.2. The van der Waals surface area contributed by atoms with Crippen LogP contribution in [0.2, 0.25) is 0 Å². The van der Waals surface area contributed by atoms with Gasteiger partial charge in [0.25, 0.3) is 0 Å². The third kappa shape index (κ3) is 2.14. The van der Waals surface area contributed by atoms with Gasteiger partial charge in [-0.15, -0.1) is 0 Å².